The van der Waals surface area contributed by atoms with E-state index >= 15 is 0 Å². The van der Waals surface area contributed by atoms with E-state index in [4.69, 9.17) is 0 Å². The van der Waals surface area contributed by atoms with Crippen molar-refractivity contribution in [2.75, 3.05) is 0 Å². The van der Waals surface area contributed by atoms with E-state index in [1.807, 2.05) is 0 Å². The van der Waals surface area contributed by atoms with Crippen LogP contribution in [-0.2, 0) is 10.0 Å². The predicted molar refractivity (Wildman–Crippen MR) is 89.5 cm³/mol. The third-order valence-corrected chi connectivity index (χ3v) is 10.8. The Morgan fingerprint density at radius 3 is 2.27 bits per heavy atom. The zero-order valence-corrected chi connectivity index (χ0v) is 16.4. The molecule has 0 bridgehead atoms. The van der Waals surface area contributed by atoms with Gasteiger partial charge >= 0.3 is 134 Å². The molecule has 2 aromatic heterocycles. The molecule has 22 heavy (non-hydrogen) atoms. The van der Waals surface area contributed by atoms with Gasteiger partial charge in [0.15, 0.2) is 0 Å². The molecule has 0 amide bonds. The van der Waals surface area contributed by atoms with Crippen molar-refractivity contribution < 1.29 is 8.42 Å². The van der Waals surface area contributed by atoms with Crippen molar-refractivity contribution >= 4 is 43.1 Å². The quantitative estimate of drug-likeness (QED) is 0.608. The molecule has 2 heterocycles. The Morgan fingerprint density at radius 1 is 1.00 bits per heavy atom. The maximum absolute atomic E-state index is 12.9. The zero-order chi connectivity index (χ0) is 16.0. The van der Waals surface area contributed by atoms with Crippen LogP contribution < -0.4 is 3.58 Å². The van der Waals surface area contributed by atoms with Gasteiger partial charge < -0.3 is 0 Å². The van der Waals surface area contributed by atoms with Crippen LogP contribution in [0.2, 0.25) is 14.8 Å². The fourth-order valence-corrected chi connectivity index (χ4v) is 7.97. The third-order valence-electron chi connectivity index (χ3n) is 3.50. The van der Waals surface area contributed by atoms with Gasteiger partial charge in [-0.3, -0.25) is 0 Å². The van der Waals surface area contributed by atoms with Crippen LogP contribution in [0.25, 0.3) is 11.2 Å². The zero-order valence-electron chi connectivity index (χ0n) is 12.7. The molecule has 0 aliphatic carbocycles. The molecule has 0 aliphatic rings. The molecule has 0 aliphatic heterocycles. The average molecular weight is 422 g/mol. The number of hydrogen-bond acceptors (Lipinski definition) is 4. The van der Waals surface area contributed by atoms with E-state index < -0.39 is 28.4 Å². The van der Waals surface area contributed by atoms with E-state index in [2.05, 4.69) is 24.8 Å². The van der Waals surface area contributed by atoms with E-state index in [1.54, 1.807) is 42.7 Å². The SMILES string of the molecule is [CH3][Sn]([CH3])([CH3])[c]1cn(S(=O)(=O)c2ccccc2)c2nccnc12. The third kappa shape index (κ3) is 2.54. The van der Waals surface area contributed by atoms with Gasteiger partial charge in [0.2, 0.25) is 0 Å². The Morgan fingerprint density at radius 2 is 1.64 bits per heavy atom. The van der Waals surface area contributed by atoms with Crippen molar-refractivity contribution in [2.45, 2.75) is 19.7 Å². The number of rotatable bonds is 3. The number of aromatic nitrogens is 3. The monoisotopic (exact) mass is 423 g/mol. The molecule has 5 nitrogen and oxygen atoms in total. The van der Waals surface area contributed by atoms with E-state index in [9.17, 15) is 8.42 Å². The fourth-order valence-electron chi connectivity index (χ4n) is 2.36. The second-order valence-corrected chi connectivity index (χ2v) is 22.3. The minimum atomic E-state index is -3.66. The second-order valence-electron chi connectivity index (χ2n) is 6.14. The second kappa shape index (κ2) is 5.34. The molecule has 0 saturated heterocycles. The predicted octanol–water partition coefficient (Wildman–Crippen LogP) is 2.21. The molecule has 0 unspecified atom stereocenters. The van der Waals surface area contributed by atoms with Gasteiger partial charge in [-0.2, -0.15) is 0 Å². The van der Waals surface area contributed by atoms with Gasteiger partial charge in [-0.15, -0.1) is 0 Å². The Hall–Kier alpha value is -1.41. The summed E-state index contributed by atoms with van der Waals surface area (Å²) in [6, 6.07) is 8.42. The number of hydrogen-bond donors (Lipinski definition) is 0. The first kappa shape index (κ1) is 15.5. The minimum absolute atomic E-state index is 0.258. The van der Waals surface area contributed by atoms with Crippen LogP contribution in [0, 0.1) is 0 Å². The fraction of sp³-hybridized carbons (Fsp3) is 0.200. The summed E-state index contributed by atoms with van der Waals surface area (Å²) in [5.41, 5.74) is 1.12. The van der Waals surface area contributed by atoms with E-state index in [1.165, 1.54) is 10.2 Å². The van der Waals surface area contributed by atoms with E-state index in [0.717, 1.165) is 3.58 Å². The summed E-state index contributed by atoms with van der Waals surface area (Å²) < 4.78 is 28.2. The number of nitrogens with zero attached hydrogens (tertiary/aromatic N) is 3. The molecule has 0 N–H and O–H groups in total. The van der Waals surface area contributed by atoms with Gasteiger partial charge in [-0.05, 0) is 0 Å². The van der Waals surface area contributed by atoms with Crippen LogP contribution >= 0.6 is 0 Å². The van der Waals surface area contributed by atoms with Crippen LogP contribution in [-0.4, -0.2) is 40.7 Å². The van der Waals surface area contributed by atoms with Crippen molar-refractivity contribution in [1.29, 1.82) is 0 Å². The van der Waals surface area contributed by atoms with Crippen molar-refractivity contribution in [3.05, 3.63) is 48.9 Å². The Labute approximate surface area is 134 Å². The van der Waals surface area contributed by atoms with Crippen molar-refractivity contribution in [1.82, 2.24) is 13.9 Å². The van der Waals surface area contributed by atoms with E-state index in [0.29, 0.717) is 11.2 Å². The molecule has 114 valence electrons. The molecule has 0 atom stereocenters. The van der Waals surface area contributed by atoms with Crippen LogP contribution in [0.5, 0.6) is 0 Å². The molecule has 0 fully saturated rings. The molecular formula is C15H17N3O2SSn. The van der Waals surface area contributed by atoms with E-state index in [-0.39, 0.29) is 4.90 Å². The van der Waals surface area contributed by atoms with Crippen molar-refractivity contribution in [2.24, 2.45) is 0 Å². The van der Waals surface area contributed by atoms with Gasteiger partial charge in [0.05, 0.1) is 0 Å². The topological polar surface area (TPSA) is 64.8 Å². The molecule has 3 rings (SSSR count). The number of benzene rings is 1. The van der Waals surface area contributed by atoms with Crippen LogP contribution in [0.3, 0.4) is 0 Å². The molecular weight excluding hydrogens is 405 g/mol. The summed E-state index contributed by atoms with van der Waals surface area (Å²) in [7, 11) is -3.66. The van der Waals surface area contributed by atoms with Crippen LogP contribution in [0.15, 0.2) is 53.8 Å². The molecule has 0 radical (unpaired) electrons. The summed E-state index contributed by atoms with van der Waals surface area (Å²) >= 11 is -2.52. The Kier molecular flexibility index (Phi) is 3.76. The first-order chi connectivity index (χ1) is 10.3. The summed E-state index contributed by atoms with van der Waals surface area (Å²) in [5, 5.41) is 0. The van der Waals surface area contributed by atoms with Gasteiger partial charge in [0.25, 0.3) is 0 Å². The van der Waals surface area contributed by atoms with Gasteiger partial charge in [-0.1, -0.05) is 0 Å². The summed E-state index contributed by atoms with van der Waals surface area (Å²) in [4.78, 5) is 15.6. The van der Waals surface area contributed by atoms with Gasteiger partial charge in [0, 0.05) is 0 Å². The summed E-state index contributed by atoms with van der Waals surface area (Å²) in [6.07, 6.45) is 4.87. The first-order valence-corrected chi connectivity index (χ1v) is 18.4. The van der Waals surface area contributed by atoms with Crippen LogP contribution in [0.4, 0.5) is 0 Å². The standard InChI is InChI=1S/C12H8N3O2S.3CH3.Sn/c16-18(17,10-4-2-1-3-5-10)15-9-6-11-12(15)14-8-7-13-11;;;;/h1-5,7-9H;3*1H3;. The molecule has 3 aromatic rings. The molecule has 7 heteroatoms. The molecule has 0 saturated carbocycles. The average Bonchev–Trinajstić information content (AvgIpc) is 2.88. The van der Waals surface area contributed by atoms with Crippen molar-refractivity contribution in [3.8, 4) is 0 Å². The molecule has 0 spiro atoms. The summed E-state index contributed by atoms with van der Waals surface area (Å²) in [6.45, 7) is 0. The Balaban J connectivity index is 2.33. The number of fused-ring (bicyclic) bond motifs is 1. The Bertz CT molecular complexity index is 928. The first-order valence-electron chi connectivity index (χ1n) is 6.95. The normalized spacial score (nSPS) is 12.7. The molecule has 1 aromatic carbocycles. The van der Waals surface area contributed by atoms with Gasteiger partial charge in [0.1, 0.15) is 0 Å². The van der Waals surface area contributed by atoms with Crippen LogP contribution in [0.1, 0.15) is 0 Å². The summed E-state index contributed by atoms with van der Waals surface area (Å²) in [5.74, 6) is 0. The van der Waals surface area contributed by atoms with Gasteiger partial charge in [-0.25, -0.2) is 0 Å². The van der Waals surface area contributed by atoms with Crippen molar-refractivity contribution in [3.63, 3.8) is 0 Å². The maximum atomic E-state index is 12.9.